The van der Waals surface area contributed by atoms with Crippen molar-refractivity contribution in [2.45, 2.75) is 19.6 Å². The Morgan fingerprint density at radius 3 is 2.50 bits per heavy atom. The van der Waals surface area contributed by atoms with Crippen molar-refractivity contribution in [3.05, 3.63) is 64.2 Å². The van der Waals surface area contributed by atoms with E-state index in [2.05, 4.69) is 10.3 Å². The number of aryl methyl sites for hydroxylation is 1. The third-order valence-corrected chi connectivity index (χ3v) is 5.55. The molecule has 9 heteroatoms. The van der Waals surface area contributed by atoms with Gasteiger partial charge in [-0.25, -0.2) is 4.98 Å². The molecule has 1 heterocycles. The lowest BCUT2D eigenvalue weighted by Crippen LogP contribution is -2.22. The van der Waals surface area contributed by atoms with Crippen molar-refractivity contribution in [3.63, 3.8) is 0 Å². The number of carbonyl (C=O) groups excluding carboxylic acids is 1. The number of hydrogen-bond donors (Lipinski definition) is 1. The van der Waals surface area contributed by atoms with Gasteiger partial charge in [0.2, 0.25) is 0 Å². The Morgan fingerprint density at radius 2 is 1.83 bits per heavy atom. The van der Waals surface area contributed by atoms with Crippen LogP contribution in [0.4, 0.5) is 13.2 Å². The molecule has 2 aromatic carbocycles. The number of amides is 1. The van der Waals surface area contributed by atoms with Gasteiger partial charge in [-0.15, -0.1) is 11.3 Å². The normalized spacial score (nSPS) is 11.3. The lowest BCUT2D eigenvalue weighted by atomic mass is 10.1. The molecule has 3 rings (SSSR count). The predicted octanol–water partition coefficient (Wildman–Crippen LogP) is 5.08. The maximum absolute atomic E-state index is 12.8. The number of thiazole rings is 1. The zero-order valence-corrected chi connectivity index (χ0v) is 17.3. The first-order chi connectivity index (χ1) is 14.2. The van der Waals surface area contributed by atoms with Crippen LogP contribution in [-0.2, 0) is 12.7 Å². The Labute approximate surface area is 175 Å². The summed E-state index contributed by atoms with van der Waals surface area (Å²) in [4.78, 5) is 17.4. The first-order valence-corrected chi connectivity index (χ1v) is 9.68. The monoisotopic (exact) mass is 436 g/mol. The molecule has 0 fully saturated rings. The summed E-state index contributed by atoms with van der Waals surface area (Å²) in [5.74, 6) is 0.723. The molecular formula is C21H19F3N2O3S. The third-order valence-electron chi connectivity index (χ3n) is 4.34. The molecule has 0 atom stereocenters. The molecule has 0 aliphatic carbocycles. The average molecular weight is 436 g/mol. The number of hydrogen-bond acceptors (Lipinski definition) is 5. The number of halogens is 3. The summed E-state index contributed by atoms with van der Waals surface area (Å²) < 4.78 is 49.0. The molecule has 0 aliphatic heterocycles. The van der Waals surface area contributed by atoms with Crippen LogP contribution in [0.25, 0.3) is 10.6 Å². The van der Waals surface area contributed by atoms with Gasteiger partial charge in [0.25, 0.3) is 5.91 Å². The summed E-state index contributed by atoms with van der Waals surface area (Å²) in [6.45, 7) is 1.69. The van der Waals surface area contributed by atoms with Gasteiger partial charge in [-0.3, -0.25) is 4.79 Å². The van der Waals surface area contributed by atoms with Crippen molar-refractivity contribution in [2.75, 3.05) is 14.2 Å². The molecule has 0 spiro atoms. The molecule has 0 saturated carbocycles. The largest absolute Gasteiger partial charge is 0.493 e. The lowest BCUT2D eigenvalue weighted by molar-refractivity contribution is -0.137. The van der Waals surface area contributed by atoms with Crippen molar-refractivity contribution in [3.8, 4) is 22.1 Å². The van der Waals surface area contributed by atoms with Gasteiger partial charge in [0.1, 0.15) is 9.88 Å². The summed E-state index contributed by atoms with van der Waals surface area (Å²) in [6.07, 6.45) is -4.43. The number of rotatable bonds is 6. The standard InChI is InChI=1S/C21H19F3N2O3S/c1-12-18(19(27)25-11-13-5-4-6-15(9-13)21(22,23)24)30-20(26-12)14-7-8-16(28-2)17(10-14)29-3/h4-10H,11H2,1-3H3,(H,25,27). The number of carbonyl (C=O) groups is 1. The molecule has 0 radical (unpaired) electrons. The van der Waals surface area contributed by atoms with Crippen LogP contribution in [0, 0.1) is 6.92 Å². The zero-order chi connectivity index (χ0) is 21.9. The second-order valence-electron chi connectivity index (χ2n) is 6.38. The van der Waals surface area contributed by atoms with E-state index in [0.29, 0.717) is 32.6 Å². The molecule has 0 saturated heterocycles. The molecule has 1 amide bonds. The molecule has 0 aliphatic rings. The molecule has 158 valence electrons. The zero-order valence-electron chi connectivity index (χ0n) is 16.5. The maximum atomic E-state index is 12.8. The van der Waals surface area contributed by atoms with Gasteiger partial charge < -0.3 is 14.8 Å². The van der Waals surface area contributed by atoms with E-state index in [1.54, 1.807) is 19.1 Å². The Bertz CT molecular complexity index is 1060. The quantitative estimate of drug-likeness (QED) is 0.585. The summed E-state index contributed by atoms with van der Waals surface area (Å²) >= 11 is 1.20. The minimum absolute atomic E-state index is 0.0220. The minimum Gasteiger partial charge on any atom is -0.493 e. The van der Waals surface area contributed by atoms with Crippen LogP contribution in [-0.4, -0.2) is 25.1 Å². The van der Waals surface area contributed by atoms with Crippen molar-refractivity contribution >= 4 is 17.2 Å². The van der Waals surface area contributed by atoms with Gasteiger partial charge in [-0.05, 0) is 42.8 Å². The molecule has 3 aromatic rings. The first-order valence-electron chi connectivity index (χ1n) is 8.87. The summed E-state index contributed by atoms with van der Waals surface area (Å²) in [6, 6.07) is 10.2. The third kappa shape index (κ3) is 4.73. The summed E-state index contributed by atoms with van der Waals surface area (Å²) in [5, 5.41) is 3.28. The molecule has 5 nitrogen and oxygen atoms in total. The van der Waals surface area contributed by atoms with E-state index in [9.17, 15) is 18.0 Å². The van der Waals surface area contributed by atoms with Gasteiger partial charge >= 0.3 is 6.18 Å². The molecule has 0 unspecified atom stereocenters. The number of methoxy groups -OCH3 is 2. The Kier molecular flexibility index (Phi) is 6.31. The molecule has 1 N–H and O–H groups in total. The molecule has 1 aromatic heterocycles. The van der Waals surface area contributed by atoms with Crippen LogP contribution in [0.2, 0.25) is 0 Å². The van der Waals surface area contributed by atoms with E-state index in [0.717, 1.165) is 17.7 Å². The van der Waals surface area contributed by atoms with E-state index in [-0.39, 0.29) is 6.54 Å². The maximum Gasteiger partial charge on any atom is 0.416 e. The fourth-order valence-electron chi connectivity index (χ4n) is 2.82. The van der Waals surface area contributed by atoms with Gasteiger partial charge in [0.05, 0.1) is 25.5 Å². The Morgan fingerprint density at radius 1 is 1.10 bits per heavy atom. The average Bonchev–Trinajstić information content (AvgIpc) is 3.12. The van der Waals surface area contributed by atoms with Crippen molar-refractivity contribution in [2.24, 2.45) is 0 Å². The highest BCUT2D eigenvalue weighted by molar-refractivity contribution is 7.17. The highest BCUT2D eigenvalue weighted by Crippen LogP contribution is 2.35. The molecule has 0 bridgehead atoms. The highest BCUT2D eigenvalue weighted by Gasteiger charge is 2.30. The number of nitrogens with zero attached hydrogens (tertiary/aromatic N) is 1. The van der Waals surface area contributed by atoms with E-state index in [1.807, 2.05) is 6.07 Å². The summed E-state index contributed by atoms with van der Waals surface area (Å²) in [5.41, 5.74) is 0.906. The lowest BCUT2D eigenvalue weighted by Gasteiger charge is -2.09. The number of benzene rings is 2. The predicted molar refractivity (Wildman–Crippen MR) is 108 cm³/mol. The van der Waals surface area contributed by atoms with Crippen LogP contribution >= 0.6 is 11.3 Å². The Balaban J connectivity index is 1.76. The van der Waals surface area contributed by atoms with E-state index in [1.165, 1.54) is 37.7 Å². The fraction of sp³-hybridized carbons (Fsp3) is 0.238. The first kappa shape index (κ1) is 21.6. The van der Waals surface area contributed by atoms with Gasteiger partial charge in [-0.1, -0.05) is 12.1 Å². The van der Waals surface area contributed by atoms with Crippen LogP contribution in [0.5, 0.6) is 11.5 Å². The fourth-order valence-corrected chi connectivity index (χ4v) is 3.80. The number of ether oxygens (including phenoxy) is 2. The SMILES string of the molecule is COc1ccc(-c2nc(C)c(C(=O)NCc3cccc(C(F)(F)F)c3)s2)cc1OC. The second kappa shape index (κ2) is 8.74. The van der Waals surface area contributed by atoms with Crippen LogP contribution < -0.4 is 14.8 Å². The topological polar surface area (TPSA) is 60.5 Å². The van der Waals surface area contributed by atoms with Crippen LogP contribution in [0.15, 0.2) is 42.5 Å². The van der Waals surface area contributed by atoms with Gasteiger partial charge in [-0.2, -0.15) is 13.2 Å². The molecular weight excluding hydrogens is 417 g/mol. The summed E-state index contributed by atoms with van der Waals surface area (Å²) in [7, 11) is 3.07. The minimum atomic E-state index is -4.43. The number of alkyl halides is 3. The second-order valence-corrected chi connectivity index (χ2v) is 7.38. The Hall–Kier alpha value is -3.07. The van der Waals surface area contributed by atoms with Crippen molar-refractivity contribution in [1.29, 1.82) is 0 Å². The van der Waals surface area contributed by atoms with Gasteiger partial charge in [0, 0.05) is 12.1 Å². The number of nitrogens with one attached hydrogen (secondary N) is 1. The van der Waals surface area contributed by atoms with Gasteiger partial charge in [0.15, 0.2) is 11.5 Å². The van der Waals surface area contributed by atoms with Crippen LogP contribution in [0.3, 0.4) is 0 Å². The van der Waals surface area contributed by atoms with Crippen molar-refractivity contribution < 1.29 is 27.4 Å². The number of aromatic nitrogens is 1. The van der Waals surface area contributed by atoms with Crippen molar-refractivity contribution in [1.82, 2.24) is 10.3 Å². The van der Waals surface area contributed by atoms with E-state index >= 15 is 0 Å². The smallest absolute Gasteiger partial charge is 0.416 e. The highest BCUT2D eigenvalue weighted by atomic mass is 32.1. The molecule has 30 heavy (non-hydrogen) atoms. The van der Waals surface area contributed by atoms with Crippen LogP contribution in [0.1, 0.15) is 26.5 Å². The van der Waals surface area contributed by atoms with E-state index < -0.39 is 17.6 Å². The van der Waals surface area contributed by atoms with E-state index in [4.69, 9.17) is 9.47 Å².